The number of nitrogens with zero attached hydrogens (tertiary/aromatic N) is 2. The van der Waals surface area contributed by atoms with Gasteiger partial charge < -0.3 is 5.73 Å². The number of aryl methyl sites for hydroxylation is 2. The molecule has 0 spiro atoms. The third kappa shape index (κ3) is 2.94. The van der Waals surface area contributed by atoms with Crippen molar-refractivity contribution in [2.24, 2.45) is 12.8 Å². The molecule has 0 amide bonds. The van der Waals surface area contributed by atoms with E-state index in [0.29, 0.717) is 12.5 Å². The van der Waals surface area contributed by atoms with E-state index in [9.17, 15) is 0 Å². The van der Waals surface area contributed by atoms with E-state index >= 15 is 0 Å². The Morgan fingerprint density at radius 3 is 2.59 bits per heavy atom. The van der Waals surface area contributed by atoms with Gasteiger partial charge in [0.1, 0.15) is 0 Å². The predicted molar refractivity (Wildman–Crippen MR) is 69.8 cm³/mol. The van der Waals surface area contributed by atoms with Gasteiger partial charge in [-0.2, -0.15) is 5.10 Å². The second kappa shape index (κ2) is 5.64. The lowest BCUT2D eigenvalue weighted by molar-refractivity contribution is 0.603. The van der Waals surface area contributed by atoms with Crippen LogP contribution in [0.25, 0.3) is 0 Å². The van der Waals surface area contributed by atoms with Crippen molar-refractivity contribution < 1.29 is 0 Å². The Hall–Kier alpha value is -1.61. The van der Waals surface area contributed by atoms with Gasteiger partial charge in [0.25, 0.3) is 0 Å². The molecular weight excluding hydrogens is 210 g/mol. The first kappa shape index (κ1) is 11.9. The van der Waals surface area contributed by atoms with Crippen LogP contribution >= 0.6 is 0 Å². The summed E-state index contributed by atoms with van der Waals surface area (Å²) in [6, 6.07) is 12.6. The van der Waals surface area contributed by atoms with Crippen molar-refractivity contribution >= 4 is 0 Å². The van der Waals surface area contributed by atoms with E-state index in [2.05, 4.69) is 35.4 Å². The molecule has 2 N–H and O–H groups in total. The van der Waals surface area contributed by atoms with Gasteiger partial charge in [-0.15, -0.1) is 0 Å². The zero-order valence-electron chi connectivity index (χ0n) is 10.2. The van der Waals surface area contributed by atoms with Crippen LogP contribution in [0.3, 0.4) is 0 Å². The smallest absolute Gasteiger partial charge is 0.0492 e. The van der Waals surface area contributed by atoms with Gasteiger partial charge in [0.05, 0.1) is 0 Å². The number of hydrogen-bond acceptors (Lipinski definition) is 2. The van der Waals surface area contributed by atoms with Crippen LogP contribution in [0.2, 0.25) is 0 Å². The number of aromatic nitrogens is 2. The molecule has 1 aromatic carbocycles. The summed E-state index contributed by atoms with van der Waals surface area (Å²) in [7, 11) is 1.98. The number of rotatable bonds is 5. The fourth-order valence-corrected chi connectivity index (χ4v) is 2.11. The zero-order valence-corrected chi connectivity index (χ0v) is 10.2. The lowest BCUT2D eigenvalue weighted by Crippen LogP contribution is -2.14. The molecule has 2 rings (SSSR count). The minimum absolute atomic E-state index is 0.436. The molecule has 0 saturated heterocycles. The van der Waals surface area contributed by atoms with Crippen LogP contribution in [-0.4, -0.2) is 16.3 Å². The largest absolute Gasteiger partial charge is 0.330 e. The van der Waals surface area contributed by atoms with Gasteiger partial charge in [-0.25, -0.2) is 0 Å². The van der Waals surface area contributed by atoms with Crippen LogP contribution in [-0.2, 0) is 13.5 Å². The third-order valence-electron chi connectivity index (χ3n) is 3.23. The summed E-state index contributed by atoms with van der Waals surface area (Å²) in [6.07, 6.45) is 3.93. The summed E-state index contributed by atoms with van der Waals surface area (Å²) in [5.74, 6) is 0.436. The minimum atomic E-state index is 0.436. The lowest BCUT2D eigenvalue weighted by Gasteiger charge is -2.15. The van der Waals surface area contributed by atoms with Crippen LogP contribution < -0.4 is 5.73 Å². The molecule has 0 aliphatic rings. The molecule has 2 aromatic rings. The Morgan fingerprint density at radius 1 is 1.24 bits per heavy atom. The van der Waals surface area contributed by atoms with Crippen molar-refractivity contribution in [2.75, 3.05) is 6.54 Å². The molecule has 0 aliphatic heterocycles. The molecule has 0 fully saturated rings. The summed E-state index contributed by atoms with van der Waals surface area (Å²) in [6.45, 7) is 0.696. The molecule has 90 valence electrons. The van der Waals surface area contributed by atoms with Gasteiger partial charge in [-0.1, -0.05) is 30.3 Å². The van der Waals surface area contributed by atoms with Crippen molar-refractivity contribution in [1.82, 2.24) is 9.78 Å². The minimum Gasteiger partial charge on any atom is -0.330 e. The number of hydrogen-bond donors (Lipinski definition) is 1. The maximum Gasteiger partial charge on any atom is 0.0492 e. The molecule has 0 radical (unpaired) electrons. The average Bonchev–Trinajstić information content (AvgIpc) is 2.77. The number of benzene rings is 1. The molecule has 1 heterocycles. The molecule has 0 aliphatic carbocycles. The first-order chi connectivity index (χ1) is 8.31. The second-order valence-electron chi connectivity index (χ2n) is 4.33. The van der Waals surface area contributed by atoms with E-state index in [0.717, 1.165) is 12.8 Å². The van der Waals surface area contributed by atoms with E-state index in [1.807, 2.05) is 24.0 Å². The Balaban J connectivity index is 1.99. The van der Waals surface area contributed by atoms with Crippen molar-refractivity contribution in [3.05, 3.63) is 53.9 Å². The van der Waals surface area contributed by atoms with Gasteiger partial charge in [-0.05, 0) is 36.9 Å². The van der Waals surface area contributed by atoms with Gasteiger partial charge in [0, 0.05) is 18.9 Å². The van der Waals surface area contributed by atoms with Crippen LogP contribution in [0.5, 0.6) is 0 Å². The molecule has 1 atom stereocenters. The standard InChI is InChI=1S/C14H19N3/c1-17-14(9-10-16-17)8-7-13(11-15)12-5-3-2-4-6-12/h2-6,9-10,13H,7-8,11,15H2,1H3. The summed E-state index contributed by atoms with van der Waals surface area (Å²) >= 11 is 0. The highest BCUT2D eigenvalue weighted by Gasteiger charge is 2.10. The predicted octanol–water partition coefficient (Wildman–Crippen LogP) is 2.10. The Bertz CT molecular complexity index is 448. The highest BCUT2D eigenvalue weighted by molar-refractivity contribution is 5.20. The molecule has 0 saturated carbocycles. The zero-order chi connectivity index (χ0) is 12.1. The monoisotopic (exact) mass is 229 g/mol. The maximum atomic E-state index is 5.86. The second-order valence-corrected chi connectivity index (χ2v) is 4.33. The van der Waals surface area contributed by atoms with E-state index < -0.39 is 0 Å². The Kier molecular flexibility index (Phi) is 3.94. The van der Waals surface area contributed by atoms with Crippen molar-refractivity contribution in [1.29, 1.82) is 0 Å². The van der Waals surface area contributed by atoms with Crippen LogP contribution in [0.1, 0.15) is 23.6 Å². The summed E-state index contributed by atoms with van der Waals surface area (Å²) in [4.78, 5) is 0. The topological polar surface area (TPSA) is 43.8 Å². The van der Waals surface area contributed by atoms with Crippen LogP contribution in [0.4, 0.5) is 0 Å². The van der Waals surface area contributed by atoms with Crippen molar-refractivity contribution in [2.45, 2.75) is 18.8 Å². The molecule has 17 heavy (non-hydrogen) atoms. The summed E-state index contributed by atoms with van der Waals surface area (Å²) in [5.41, 5.74) is 8.45. The highest BCUT2D eigenvalue weighted by Crippen LogP contribution is 2.20. The quantitative estimate of drug-likeness (QED) is 0.853. The first-order valence-electron chi connectivity index (χ1n) is 6.03. The van der Waals surface area contributed by atoms with E-state index in [-0.39, 0.29) is 0 Å². The van der Waals surface area contributed by atoms with Crippen molar-refractivity contribution in [3.8, 4) is 0 Å². The lowest BCUT2D eigenvalue weighted by atomic mass is 9.94. The van der Waals surface area contributed by atoms with E-state index in [1.165, 1.54) is 11.3 Å². The Labute approximate surface area is 102 Å². The maximum absolute atomic E-state index is 5.86. The molecule has 1 unspecified atom stereocenters. The fourth-order valence-electron chi connectivity index (χ4n) is 2.11. The van der Waals surface area contributed by atoms with Gasteiger partial charge in [0.15, 0.2) is 0 Å². The normalized spacial score (nSPS) is 12.6. The molecule has 3 heteroatoms. The fraction of sp³-hybridized carbons (Fsp3) is 0.357. The molecular formula is C14H19N3. The van der Waals surface area contributed by atoms with Crippen molar-refractivity contribution in [3.63, 3.8) is 0 Å². The first-order valence-corrected chi connectivity index (χ1v) is 6.03. The van der Waals surface area contributed by atoms with E-state index in [4.69, 9.17) is 5.73 Å². The van der Waals surface area contributed by atoms with Crippen LogP contribution in [0, 0.1) is 0 Å². The SMILES string of the molecule is Cn1nccc1CCC(CN)c1ccccc1. The highest BCUT2D eigenvalue weighted by atomic mass is 15.2. The Morgan fingerprint density at radius 2 is 2.00 bits per heavy atom. The summed E-state index contributed by atoms with van der Waals surface area (Å²) < 4.78 is 1.93. The molecule has 0 bridgehead atoms. The van der Waals surface area contributed by atoms with Crippen LogP contribution in [0.15, 0.2) is 42.6 Å². The average molecular weight is 229 g/mol. The number of nitrogens with two attached hydrogens (primary N) is 1. The summed E-state index contributed by atoms with van der Waals surface area (Å²) in [5, 5.41) is 4.18. The van der Waals surface area contributed by atoms with E-state index in [1.54, 1.807) is 0 Å². The van der Waals surface area contributed by atoms with Gasteiger partial charge in [0.2, 0.25) is 0 Å². The molecule has 3 nitrogen and oxygen atoms in total. The van der Waals surface area contributed by atoms with Gasteiger partial charge in [-0.3, -0.25) is 4.68 Å². The van der Waals surface area contributed by atoms with Gasteiger partial charge >= 0.3 is 0 Å². The third-order valence-corrected chi connectivity index (χ3v) is 3.23. The molecule has 1 aromatic heterocycles.